The van der Waals surface area contributed by atoms with Crippen LogP contribution >= 0.6 is 0 Å². The third kappa shape index (κ3) is 4.28. The van der Waals surface area contributed by atoms with Gasteiger partial charge in [-0.05, 0) is 19.4 Å². The molecular formula is C13H26N2O2. The van der Waals surface area contributed by atoms with Crippen LogP contribution in [0.1, 0.15) is 39.5 Å². The molecule has 0 saturated carbocycles. The van der Waals surface area contributed by atoms with Gasteiger partial charge in [0.15, 0.2) is 0 Å². The highest BCUT2D eigenvalue weighted by Gasteiger charge is 2.34. The van der Waals surface area contributed by atoms with Gasteiger partial charge in [0.2, 0.25) is 5.91 Å². The molecule has 4 heteroatoms. The fourth-order valence-corrected chi connectivity index (χ4v) is 2.39. The average Bonchev–Trinajstić information content (AvgIpc) is 2.71. The van der Waals surface area contributed by atoms with Crippen molar-refractivity contribution in [2.75, 3.05) is 26.7 Å². The number of rotatable bonds is 6. The molecule has 2 atom stereocenters. The van der Waals surface area contributed by atoms with Crippen LogP contribution in [0.15, 0.2) is 0 Å². The summed E-state index contributed by atoms with van der Waals surface area (Å²) in [6.45, 7) is 5.98. The molecule has 1 aliphatic rings. The van der Waals surface area contributed by atoms with Gasteiger partial charge >= 0.3 is 0 Å². The van der Waals surface area contributed by atoms with Gasteiger partial charge in [0.25, 0.3) is 0 Å². The Morgan fingerprint density at radius 3 is 2.82 bits per heavy atom. The molecule has 1 rings (SSSR count). The number of amides is 1. The molecule has 1 heterocycles. The number of aliphatic hydroxyl groups is 1. The number of hydrogen-bond donors (Lipinski definition) is 2. The van der Waals surface area contributed by atoms with Crippen molar-refractivity contribution >= 4 is 5.91 Å². The molecule has 0 spiro atoms. The summed E-state index contributed by atoms with van der Waals surface area (Å²) in [5.41, 5.74) is -0.727. The number of carbonyl (C=O) groups excluding carboxylic acids is 1. The number of nitrogens with zero attached hydrogens (tertiary/aromatic N) is 1. The van der Waals surface area contributed by atoms with Gasteiger partial charge < -0.3 is 15.3 Å². The Morgan fingerprint density at radius 2 is 2.29 bits per heavy atom. The minimum absolute atomic E-state index is 0.0675. The van der Waals surface area contributed by atoms with Gasteiger partial charge in [-0.3, -0.25) is 4.79 Å². The molecule has 2 N–H and O–H groups in total. The maximum absolute atomic E-state index is 12.1. The van der Waals surface area contributed by atoms with Crippen LogP contribution in [0, 0.1) is 5.92 Å². The fourth-order valence-electron chi connectivity index (χ4n) is 2.39. The molecule has 17 heavy (non-hydrogen) atoms. The zero-order valence-corrected chi connectivity index (χ0v) is 11.3. The van der Waals surface area contributed by atoms with E-state index in [1.807, 2.05) is 6.92 Å². The van der Waals surface area contributed by atoms with Crippen LogP contribution in [-0.4, -0.2) is 48.2 Å². The Morgan fingerprint density at radius 1 is 1.59 bits per heavy atom. The summed E-state index contributed by atoms with van der Waals surface area (Å²) in [4.78, 5) is 13.8. The highest BCUT2D eigenvalue weighted by Crippen LogP contribution is 2.17. The molecule has 0 aliphatic carbocycles. The molecular weight excluding hydrogens is 216 g/mol. The van der Waals surface area contributed by atoms with E-state index in [0.29, 0.717) is 13.1 Å². The number of hydrogen-bond acceptors (Lipinski definition) is 3. The first-order chi connectivity index (χ1) is 7.98. The minimum atomic E-state index is -0.727. The molecule has 2 unspecified atom stereocenters. The van der Waals surface area contributed by atoms with Crippen LogP contribution < -0.4 is 5.32 Å². The molecule has 1 amide bonds. The van der Waals surface area contributed by atoms with E-state index in [-0.39, 0.29) is 11.8 Å². The van der Waals surface area contributed by atoms with Crippen molar-refractivity contribution in [3.8, 4) is 0 Å². The first-order valence-electron chi connectivity index (χ1n) is 6.66. The Balaban J connectivity index is 2.40. The first-order valence-corrected chi connectivity index (χ1v) is 6.66. The smallest absolute Gasteiger partial charge is 0.225 e. The van der Waals surface area contributed by atoms with E-state index in [1.54, 1.807) is 11.9 Å². The van der Waals surface area contributed by atoms with Crippen molar-refractivity contribution in [1.29, 1.82) is 0 Å². The van der Waals surface area contributed by atoms with E-state index < -0.39 is 5.60 Å². The van der Waals surface area contributed by atoms with Gasteiger partial charge in [-0.2, -0.15) is 0 Å². The van der Waals surface area contributed by atoms with Crippen LogP contribution in [0.25, 0.3) is 0 Å². The molecule has 0 aromatic rings. The van der Waals surface area contributed by atoms with Gasteiger partial charge in [0.1, 0.15) is 0 Å². The van der Waals surface area contributed by atoms with Crippen molar-refractivity contribution in [2.24, 2.45) is 5.92 Å². The Hall–Kier alpha value is -0.610. The topological polar surface area (TPSA) is 52.6 Å². The Labute approximate surface area is 104 Å². The maximum atomic E-state index is 12.1. The lowest BCUT2D eigenvalue weighted by Crippen LogP contribution is -2.46. The van der Waals surface area contributed by atoms with Crippen molar-refractivity contribution < 1.29 is 9.90 Å². The second-order valence-electron chi connectivity index (χ2n) is 5.39. The van der Waals surface area contributed by atoms with Gasteiger partial charge in [-0.15, -0.1) is 0 Å². The number of likely N-dealkylation sites (N-methyl/N-ethyl adjacent to an activating group) is 1. The van der Waals surface area contributed by atoms with Gasteiger partial charge in [0.05, 0.1) is 12.1 Å². The van der Waals surface area contributed by atoms with E-state index in [9.17, 15) is 9.90 Å². The zero-order chi connectivity index (χ0) is 12.9. The van der Waals surface area contributed by atoms with Crippen LogP contribution in [0.5, 0.6) is 0 Å². The summed E-state index contributed by atoms with van der Waals surface area (Å²) < 4.78 is 0. The van der Waals surface area contributed by atoms with Gasteiger partial charge in [-0.25, -0.2) is 0 Å². The molecule has 0 aromatic heterocycles. The maximum Gasteiger partial charge on any atom is 0.225 e. The lowest BCUT2D eigenvalue weighted by Gasteiger charge is -2.29. The van der Waals surface area contributed by atoms with Gasteiger partial charge in [0, 0.05) is 19.5 Å². The minimum Gasteiger partial charge on any atom is -0.387 e. The monoisotopic (exact) mass is 242 g/mol. The number of β-amino-alcohol motifs (C(OH)–C–C–N with tert-alkyl or cyclic N) is 1. The second kappa shape index (κ2) is 6.36. The van der Waals surface area contributed by atoms with E-state index in [4.69, 9.17) is 0 Å². The van der Waals surface area contributed by atoms with Crippen LogP contribution in [0.2, 0.25) is 0 Å². The fraction of sp³-hybridized carbons (Fsp3) is 0.923. The van der Waals surface area contributed by atoms with Crippen molar-refractivity contribution in [3.63, 3.8) is 0 Å². The SMILES string of the molecule is CCCCC(C)C(=O)N(C)CC1(O)CCNC1. The number of carbonyl (C=O) groups is 1. The number of unbranched alkanes of at least 4 members (excludes halogenated alkanes) is 1. The predicted molar refractivity (Wildman–Crippen MR) is 68.8 cm³/mol. The molecule has 4 nitrogen and oxygen atoms in total. The van der Waals surface area contributed by atoms with Gasteiger partial charge in [-0.1, -0.05) is 26.7 Å². The summed E-state index contributed by atoms with van der Waals surface area (Å²) in [5.74, 6) is 0.219. The third-order valence-corrected chi connectivity index (χ3v) is 3.54. The van der Waals surface area contributed by atoms with E-state index in [0.717, 1.165) is 32.2 Å². The molecule has 1 fully saturated rings. The molecule has 1 aliphatic heterocycles. The summed E-state index contributed by atoms with van der Waals surface area (Å²) in [7, 11) is 1.79. The van der Waals surface area contributed by atoms with Crippen LogP contribution in [-0.2, 0) is 4.79 Å². The second-order valence-corrected chi connectivity index (χ2v) is 5.39. The third-order valence-electron chi connectivity index (χ3n) is 3.54. The molecule has 0 radical (unpaired) electrons. The summed E-state index contributed by atoms with van der Waals surface area (Å²) in [6.07, 6.45) is 3.88. The largest absolute Gasteiger partial charge is 0.387 e. The Bertz CT molecular complexity index is 250. The molecule has 1 saturated heterocycles. The van der Waals surface area contributed by atoms with E-state index >= 15 is 0 Å². The molecule has 0 bridgehead atoms. The normalized spacial score (nSPS) is 25.9. The zero-order valence-electron chi connectivity index (χ0n) is 11.3. The lowest BCUT2D eigenvalue weighted by atomic mass is 10.00. The quantitative estimate of drug-likeness (QED) is 0.730. The summed E-state index contributed by atoms with van der Waals surface area (Å²) >= 11 is 0. The number of nitrogens with one attached hydrogen (secondary N) is 1. The standard InChI is InChI=1S/C13H26N2O2/c1-4-5-6-11(2)12(16)15(3)10-13(17)7-8-14-9-13/h11,14,17H,4-10H2,1-3H3. The van der Waals surface area contributed by atoms with Crippen LogP contribution in [0.4, 0.5) is 0 Å². The van der Waals surface area contributed by atoms with E-state index in [2.05, 4.69) is 12.2 Å². The predicted octanol–water partition coefficient (Wildman–Crippen LogP) is 0.995. The lowest BCUT2D eigenvalue weighted by molar-refractivity contribution is -0.136. The van der Waals surface area contributed by atoms with Crippen molar-refractivity contribution in [3.05, 3.63) is 0 Å². The summed E-state index contributed by atoms with van der Waals surface area (Å²) in [5, 5.41) is 13.3. The first kappa shape index (κ1) is 14.5. The van der Waals surface area contributed by atoms with Crippen molar-refractivity contribution in [2.45, 2.75) is 45.1 Å². The van der Waals surface area contributed by atoms with Crippen LogP contribution in [0.3, 0.4) is 0 Å². The van der Waals surface area contributed by atoms with E-state index in [1.165, 1.54) is 0 Å². The van der Waals surface area contributed by atoms with Crippen molar-refractivity contribution in [1.82, 2.24) is 10.2 Å². The highest BCUT2D eigenvalue weighted by atomic mass is 16.3. The average molecular weight is 242 g/mol. The molecule has 100 valence electrons. The summed E-state index contributed by atoms with van der Waals surface area (Å²) in [6, 6.07) is 0. The highest BCUT2D eigenvalue weighted by molar-refractivity contribution is 5.78. The molecule has 0 aromatic carbocycles. The Kier molecular flexibility index (Phi) is 5.40.